The van der Waals surface area contributed by atoms with Crippen molar-refractivity contribution in [2.75, 3.05) is 0 Å². The molecule has 3 heterocycles. The van der Waals surface area contributed by atoms with E-state index in [9.17, 15) is 14.4 Å². The summed E-state index contributed by atoms with van der Waals surface area (Å²) in [7, 11) is 3.22. The number of hydrogen-bond acceptors (Lipinski definition) is 5. The van der Waals surface area contributed by atoms with Crippen LogP contribution in [0.15, 0.2) is 80.9 Å². The standard InChI is InChI=1S/C25H21N3O5/c1-26-20(24(30)33-15-17-8-9-18-10-11-32-21(18)12-17)13-19-22(26)27(2)25(31)28(23(19)29)14-16-6-4-3-5-7-16/h3-13H,14-15H2,1-2H3. The maximum Gasteiger partial charge on any atom is 0.355 e. The van der Waals surface area contributed by atoms with E-state index in [1.807, 2.05) is 54.6 Å². The topological polar surface area (TPSA) is 88.4 Å². The number of esters is 1. The number of benzene rings is 2. The zero-order valence-electron chi connectivity index (χ0n) is 18.1. The summed E-state index contributed by atoms with van der Waals surface area (Å²) < 4.78 is 14.9. The molecule has 0 N–H and O–H groups in total. The van der Waals surface area contributed by atoms with Gasteiger partial charge in [0.25, 0.3) is 5.56 Å². The molecule has 2 aromatic carbocycles. The molecule has 5 rings (SSSR count). The van der Waals surface area contributed by atoms with Gasteiger partial charge in [-0.3, -0.25) is 13.9 Å². The monoisotopic (exact) mass is 443 g/mol. The van der Waals surface area contributed by atoms with Crippen LogP contribution in [0.3, 0.4) is 0 Å². The Bertz CT molecular complexity index is 1620. The fourth-order valence-electron chi connectivity index (χ4n) is 4.07. The zero-order chi connectivity index (χ0) is 23.1. The summed E-state index contributed by atoms with van der Waals surface area (Å²) in [6, 6.07) is 18.2. The van der Waals surface area contributed by atoms with E-state index in [0.29, 0.717) is 11.2 Å². The highest BCUT2D eigenvalue weighted by atomic mass is 16.5. The fourth-order valence-corrected chi connectivity index (χ4v) is 4.07. The van der Waals surface area contributed by atoms with Crippen molar-refractivity contribution in [3.8, 4) is 0 Å². The first-order chi connectivity index (χ1) is 15.9. The lowest BCUT2D eigenvalue weighted by atomic mass is 10.2. The summed E-state index contributed by atoms with van der Waals surface area (Å²) >= 11 is 0. The Hall–Kier alpha value is -4.33. The molecular formula is C25H21N3O5. The molecule has 0 fully saturated rings. The van der Waals surface area contributed by atoms with Crippen molar-refractivity contribution in [1.29, 1.82) is 0 Å². The van der Waals surface area contributed by atoms with E-state index in [4.69, 9.17) is 9.15 Å². The third-order valence-corrected chi connectivity index (χ3v) is 5.80. The molecule has 0 atom stereocenters. The van der Waals surface area contributed by atoms with Gasteiger partial charge >= 0.3 is 11.7 Å². The second-order valence-electron chi connectivity index (χ2n) is 7.91. The first-order valence-corrected chi connectivity index (χ1v) is 10.4. The van der Waals surface area contributed by atoms with Crippen molar-refractivity contribution in [2.45, 2.75) is 13.2 Å². The lowest BCUT2D eigenvalue weighted by molar-refractivity contribution is 0.0462. The molecule has 8 nitrogen and oxygen atoms in total. The Labute approximate surface area is 187 Å². The predicted molar refractivity (Wildman–Crippen MR) is 123 cm³/mol. The SMILES string of the molecule is Cn1c(C(=O)OCc2ccc3ccoc3c2)cc2c(=O)n(Cc3ccccc3)c(=O)n(C)c21. The van der Waals surface area contributed by atoms with Crippen LogP contribution in [-0.4, -0.2) is 19.7 Å². The molecule has 0 radical (unpaired) electrons. The number of ether oxygens (including phenoxy) is 1. The number of furan rings is 1. The van der Waals surface area contributed by atoms with E-state index in [1.165, 1.54) is 19.8 Å². The first kappa shape index (κ1) is 20.6. The Kier molecular flexibility index (Phi) is 4.97. The quantitative estimate of drug-likeness (QED) is 0.389. The summed E-state index contributed by atoms with van der Waals surface area (Å²) in [6.07, 6.45) is 1.60. The van der Waals surface area contributed by atoms with Gasteiger partial charge in [-0.05, 0) is 29.3 Å². The van der Waals surface area contributed by atoms with Crippen molar-refractivity contribution in [2.24, 2.45) is 14.1 Å². The molecule has 0 aliphatic rings. The molecule has 0 saturated heterocycles. The van der Waals surface area contributed by atoms with Gasteiger partial charge in [-0.1, -0.05) is 42.5 Å². The molecule has 5 aromatic rings. The molecule has 0 aliphatic heterocycles. The number of nitrogens with zero attached hydrogens (tertiary/aromatic N) is 3. The molecule has 0 aliphatic carbocycles. The van der Waals surface area contributed by atoms with Gasteiger partial charge in [-0.15, -0.1) is 0 Å². The summed E-state index contributed by atoms with van der Waals surface area (Å²) in [4.78, 5) is 38.9. The maximum atomic E-state index is 13.1. The Morgan fingerprint density at radius 2 is 1.73 bits per heavy atom. The van der Waals surface area contributed by atoms with E-state index in [1.54, 1.807) is 20.4 Å². The minimum absolute atomic E-state index is 0.0498. The molecule has 0 amide bonds. The van der Waals surface area contributed by atoms with Crippen LogP contribution in [0.4, 0.5) is 0 Å². The van der Waals surface area contributed by atoms with Crippen LogP contribution in [-0.2, 0) is 32.0 Å². The number of aromatic nitrogens is 3. The average Bonchev–Trinajstić information content (AvgIpc) is 3.43. The lowest BCUT2D eigenvalue weighted by Crippen LogP contribution is -2.39. The highest BCUT2D eigenvalue weighted by molar-refractivity contribution is 5.94. The number of rotatable bonds is 5. The molecule has 3 aromatic heterocycles. The zero-order valence-corrected chi connectivity index (χ0v) is 18.1. The smallest absolute Gasteiger partial charge is 0.355 e. The van der Waals surface area contributed by atoms with Gasteiger partial charge < -0.3 is 13.7 Å². The fraction of sp³-hybridized carbons (Fsp3) is 0.160. The van der Waals surface area contributed by atoms with Crippen LogP contribution >= 0.6 is 0 Å². The maximum absolute atomic E-state index is 13.1. The number of carbonyl (C=O) groups is 1. The van der Waals surface area contributed by atoms with Crippen LogP contribution in [0.5, 0.6) is 0 Å². The van der Waals surface area contributed by atoms with Gasteiger partial charge in [0.05, 0.1) is 18.2 Å². The molecule has 33 heavy (non-hydrogen) atoms. The first-order valence-electron chi connectivity index (χ1n) is 10.4. The molecule has 0 spiro atoms. The predicted octanol–water partition coefficient (Wildman–Crippen LogP) is 3.19. The number of carbonyl (C=O) groups excluding carboxylic acids is 1. The van der Waals surface area contributed by atoms with E-state index in [-0.39, 0.29) is 24.2 Å². The summed E-state index contributed by atoms with van der Waals surface area (Å²) in [5.74, 6) is -0.588. The van der Waals surface area contributed by atoms with Gasteiger partial charge in [0.1, 0.15) is 23.5 Å². The molecule has 8 heteroatoms. The van der Waals surface area contributed by atoms with Gasteiger partial charge in [-0.25, -0.2) is 9.59 Å². The van der Waals surface area contributed by atoms with Gasteiger partial charge in [0.15, 0.2) is 0 Å². The molecule has 166 valence electrons. The largest absolute Gasteiger partial charge is 0.464 e. The normalized spacial score (nSPS) is 11.3. The Morgan fingerprint density at radius 1 is 0.939 bits per heavy atom. The average molecular weight is 443 g/mol. The summed E-state index contributed by atoms with van der Waals surface area (Å²) in [5, 5.41) is 1.24. The second kappa shape index (κ2) is 7.98. The van der Waals surface area contributed by atoms with E-state index < -0.39 is 17.2 Å². The number of fused-ring (bicyclic) bond motifs is 2. The molecule has 0 saturated carbocycles. The minimum Gasteiger partial charge on any atom is -0.464 e. The Morgan fingerprint density at radius 3 is 2.52 bits per heavy atom. The summed E-state index contributed by atoms with van der Waals surface area (Å²) in [6.45, 7) is 0.195. The van der Waals surface area contributed by atoms with Crippen molar-refractivity contribution < 1.29 is 13.9 Å². The van der Waals surface area contributed by atoms with Crippen LogP contribution in [0.1, 0.15) is 21.6 Å². The molecule has 0 bridgehead atoms. The van der Waals surface area contributed by atoms with Crippen molar-refractivity contribution in [1.82, 2.24) is 13.7 Å². The third kappa shape index (κ3) is 3.55. The summed E-state index contributed by atoms with van der Waals surface area (Å²) in [5.41, 5.74) is 1.97. The lowest BCUT2D eigenvalue weighted by Gasteiger charge is -2.10. The van der Waals surface area contributed by atoms with Gasteiger partial charge in [0.2, 0.25) is 0 Å². The van der Waals surface area contributed by atoms with Gasteiger partial charge in [0, 0.05) is 19.5 Å². The van der Waals surface area contributed by atoms with Gasteiger partial charge in [-0.2, -0.15) is 0 Å². The van der Waals surface area contributed by atoms with Crippen molar-refractivity contribution in [3.63, 3.8) is 0 Å². The second-order valence-corrected chi connectivity index (χ2v) is 7.91. The van der Waals surface area contributed by atoms with Crippen LogP contribution < -0.4 is 11.2 Å². The molecule has 0 unspecified atom stereocenters. The highest BCUT2D eigenvalue weighted by Crippen LogP contribution is 2.19. The minimum atomic E-state index is -0.588. The number of aryl methyl sites for hydroxylation is 2. The number of hydrogen-bond donors (Lipinski definition) is 0. The highest BCUT2D eigenvalue weighted by Gasteiger charge is 2.21. The Balaban J connectivity index is 1.48. The third-order valence-electron chi connectivity index (χ3n) is 5.80. The van der Waals surface area contributed by atoms with Crippen LogP contribution in [0, 0.1) is 0 Å². The van der Waals surface area contributed by atoms with Crippen molar-refractivity contribution in [3.05, 3.63) is 105 Å². The van der Waals surface area contributed by atoms with E-state index in [2.05, 4.69) is 0 Å². The van der Waals surface area contributed by atoms with Crippen molar-refractivity contribution >= 4 is 28.0 Å². The van der Waals surface area contributed by atoms with Crippen LogP contribution in [0.25, 0.3) is 22.0 Å². The van der Waals surface area contributed by atoms with Crippen LogP contribution in [0.2, 0.25) is 0 Å². The van der Waals surface area contributed by atoms with E-state index in [0.717, 1.165) is 16.5 Å². The molecular weight excluding hydrogens is 422 g/mol. The van der Waals surface area contributed by atoms with E-state index >= 15 is 0 Å².